The normalized spacial score (nSPS) is 10.9. The van der Waals surface area contributed by atoms with Gasteiger partial charge in [-0.1, -0.05) is 20.8 Å². The maximum atomic E-state index is 11.6. The first kappa shape index (κ1) is 14.7. The Bertz CT molecular complexity index is 360. The summed E-state index contributed by atoms with van der Waals surface area (Å²) in [6.07, 6.45) is 4.73. The Labute approximate surface area is 109 Å². The van der Waals surface area contributed by atoms with Crippen LogP contribution in [0.4, 0.5) is 0 Å². The summed E-state index contributed by atoms with van der Waals surface area (Å²) < 4.78 is 1.82. The third-order valence-electron chi connectivity index (χ3n) is 2.45. The van der Waals surface area contributed by atoms with Gasteiger partial charge >= 0.3 is 0 Å². The van der Waals surface area contributed by atoms with Crippen molar-refractivity contribution in [2.75, 3.05) is 13.1 Å². The first-order chi connectivity index (χ1) is 8.61. The molecule has 0 aromatic carbocycles. The van der Waals surface area contributed by atoms with Gasteiger partial charge in [-0.15, -0.1) is 0 Å². The van der Waals surface area contributed by atoms with Crippen LogP contribution in [0.15, 0.2) is 12.5 Å². The Morgan fingerprint density at radius 1 is 1.50 bits per heavy atom. The van der Waals surface area contributed by atoms with Crippen LogP contribution in [-0.4, -0.2) is 28.5 Å². The molecule has 1 rings (SSSR count). The number of nitrogens with zero attached hydrogens (tertiary/aromatic N) is 2. The number of nitrogens with one attached hydrogen (secondary N) is 2. The molecule has 2 N–H and O–H groups in total. The largest absolute Gasteiger partial charge is 0.354 e. The van der Waals surface area contributed by atoms with Gasteiger partial charge in [0, 0.05) is 19.3 Å². The summed E-state index contributed by atoms with van der Waals surface area (Å²) in [6.45, 7) is 9.09. The molecule has 5 nitrogen and oxygen atoms in total. The summed E-state index contributed by atoms with van der Waals surface area (Å²) in [7, 11) is 0. The van der Waals surface area contributed by atoms with E-state index in [-0.39, 0.29) is 5.91 Å². The van der Waals surface area contributed by atoms with E-state index >= 15 is 0 Å². The maximum absolute atomic E-state index is 11.6. The van der Waals surface area contributed by atoms with Gasteiger partial charge in [0.05, 0.1) is 12.0 Å². The topological polar surface area (TPSA) is 59.0 Å². The zero-order valence-corrected chi connectivity index (χ0v) is 11.6. The fourth-order valence-corrected chi connectivity index (χ4v) is 1.52. The number of hydrogen-bond acceptors (Lipinski definition) is 3. The van der Waals surface area contributed by atoms with Crippen molar-refractivity contribution in [2.45, 2.75) is 40.3 Å². The van der Waals surface area contributed by atoms with E-state index < -0.39 is 0 Å². The van der Waals surface area contributed by atoms with Crippen LogP contribution < -0.4 is 10.6 Å². The molecule has 1 aromatic rings. The van der Waals surface area contributed by atoms with E-state index in [1.54, 1.807) is 6.33 Å². The SMILES string of the molecule is CCCNCc1cn(CC(=O)NCC(C)C)cn1. The summed E-state index contributed by atoms with van der Waals surface area (Å²) in [5.74, 6) is 0.514. The van der Waals surface area contributed by atoms with Gasteiger partial charge in [0.2, 0.25) is 5.91 Å². The predicted octanol–water partition coefficient (Wildman–Crippen LogP) is 1.15. The molecule has 0 saturated heterocycles. The zero-order chi connectivity index (χ0) is 13.4. The molecule has 102 valence electrons. The van der Waals surface area contributed by atoms with E-state index in [9.17, 15) is 4.79 Å². The van der Waals surface area contributed by atoms with Crippen LogP contribution in [0.25, 0.3) is 0 Å². The Morgan fingerprint density at radius 3 is 2.94 bits per heavy atom. The predicted molar refractivity (Wildman–Crippen MR) is 72.1 cm³/mol. The summed E-state index contributed by atoms with van der Waals surface area (Å²) >= 11 is 0. The molecule has 1 aromatic heterocycles. The Balaban J connectivity index is 2.32. The highest BCUT2D eigenvalue weighted by molar-refractivity contribution is 5.75. The van der Waals surface area contributed by atoms with Gasteiger partial charge in [-0.25, -0.2) is 4.98 Å². The van der Waals surface area contributed by atoms with Crippen molar-refractivity contribution in [3.05, 3.63) is 18.2 Å². The highest BCUT2D eigenvalue weighted by atomic mass is 16.1. The van der Waals surface area contributed by atoms with Crippen molar-refractivity contribution in [1.29, 1.82) is 0 Å². The molecule has 0 aliphatic carbocycles. The van der Waals surface area contributed by atoms with Crippen molar-refractivity contribution >= 4 is 5.91 Å². The first-order valence-corrected chi connectivity index (χ1v) is 6.60. The van der Waals surface area contributed by atoms with E-state index in [1.165, 1.54) is 0 Å². The molecule has 0 aliphatic rings. The molecular weight excluding hydrogens is 228 g/mol. The van der Waals surface area contributed by atoms with Gasteiger partial charge in [0.1, 0.15) is 6.54 Å². The van der Waals surface area contributed by atoms with Crippen LogP contribution in [0, 0.1) is 5.92 Å². The lowest BCUT2D eigenvalue weighted by Gasteiger charge is -2.07. The van der Waals surface area contributed by atoms with E-state index in [2.05, 4.69) is 36.4 Å². The van der Waals surface area contributed by atoms with Crippen LogP contribution in [-0.2, 0) is 17.9 Å². The fourth-order valence-electron chi connectivity index (χ4n) is 1.52. The van der Waals surface area contributed by atoms with Gasteiger partial charge in [0.25, 0.3) is 0 Å². The highest BCUT2D eigenvalue weighted by Gasteiger charge is 2.04. The number of hydrogen-bond donors (Lipinski definition) is 2. The first-order valence-electron chi connectivity index (χ1n) is 6.60. The van der Waals surface area contributed by atoms with Crippen LogP contribution in [0.2, 0.25) is 0 Å². The fraction of sp³-hybridized carbons (Fsp3) is 0.692. The Morgan fingerprint density at radius 2 is 2.28 bits per heavy atom. The second kappa shape index (κ2) is 7.87. The molecule has 0 fully saturated rings. The molecule has 0 aliphatic heterocycles. The number of carbonyl (C=O) groups excluding carboxylic acids is 1. The zero-order valence-electron chi connectivity index (χ0n) is 11.6. The molecule has 0 unspecified atom stereocenters. The summed E-state index contributed by atoms with van der Waals surface area (Å²) in [5.41, 5.74) is 0.972. The third-order valence-corrected chi connectivity index (χ3v) is 2.45. The summed E-state index contributed by atoms with van der Waals surface area (Å²) in [6, 6.07) is 0. The molecule has 0 spiro atoms. The molecular formula is C13H24N4O. The highest BCUT2D eigenvalue weighted by Crippen LogP contribution is 1.96. The second-order valence-electron chi connectivity index (χ2n) is 4.91. The minimum Gasteiger partial charge on any atom is -0.354 e. The van der Waals surface area contributed by atoms with E-state index in [0.717, 1.165) is 31.7 Å². The van der Waals surface area contributed by atoms with Gasteiger partial charge in [-0.05, 0) is 18.9 Å². The number of imidazole rings is 1. The van der Waals surface area contributed by atoms with Crippen molar-refractivity contribution in [2.24, 2.45) is 5.92 Å². The van der Waals surface area contributed by atoms with E-state index in [1.807, 2.05) is 10.8 Å². The molecule has 1 heterocycles. The van der Waals surface area contributed by atoms with Gasteiger partial charge in [-0.2, -0.15) is 0 Å². The Hall–Kier alpha value is -1.36. The Kier molecular flexibility index (Phi) is 6.43. The number of aromatic nitrogens is 2. The summed E-state index contributed by atoms with van der Waals surface area (Å²) in [5, 5.41) is 6.17. The van der Waals surface area contributed by atoms with Crippen molar-refractivity contribution in [3.63, 3.8) is 0 Å². The minimum absolute atomic E-state index is 0.0363. The van der Waals surface area contributed by atoms with Crippen LogP contribution in [0.1, 0.15) is 32.9 Å². The molecule has 0 radical (unpaired) electrons. The lowest BCUT2D eigenvalue weighted by molar-refractivity contribution is -0.121. The van der Waals surface area contributed by atoms with Crippen molar-refractivity contribution in [1.82, 2.24) is 20.2 Å². The van der Waals surface area contributed by atoms with Gasteiger partial charge in [-0.3, -0.25) is 4.79 Å². The number of rotatable bonds is 8. The molecule has 0 saturated carbocycles. The standard InChI is InChI=1S/C13H24N4O/c1-4-5-14-7-12-8-17(10-16-12)9-13(18)15-6-11(2)3/h8,10-11,14H,4-7,9H2,1-3H3,(H,15,18). The number of amides is 1. The molecule has 0 atom stereocenters. The average molecular weight is 252 g/mol. The molecule has 1 amide bonds. The van der Waals surface area contributed by atoms with Crippen LogP contribution >= 0.6 is 0 Å². The van der Waals surface area contributed by atoms with E-state index in [0.29, 0.717) is 12.5 Å². The third kappa shape index (κ3) is 5.82. The quantitative estimate of drug-likeness (QED) is 0.682. The maximum Gasteiger partial charge on any atom is 0.239 e. The van der Waals surface area contributed by atoms with Crippen LogP contribution in [0.3, 0.4) is 0 Å². The van der Waals surface area contributed by atoms with Gasteiger partial charge < -0.3 is 15.2 Å². The van der Waals surface area contributed by atoms with E-state index in [4.69, 9.17) is 0 Å². The van der Waals surface area contributed by atoms with Crippen molar-refractivity contribution in [3.8, 4) is 0 Å². The van der Waals surface area contributed by atoms with Crippen LogP contribution in [0.5, 0.6) is 0 Å². The molecule has 0 bridgehead atoms. The average Bonchev–Trinajstić information content (AvgIpc) is 2.74. The van der Waals surface area contributed by atoms with Crippen molar-refractivity contribution < 1.29 is 4.79 Å². The minimum atomic E-state index is 0.0363. The monoisotopic (exact) mass is 252 g/mol. The number of carbonyl (C=O) groups is 1. The lowest BCUT2D eigenvalue weighted by atomic mass is 10.2. The second-order valence-corrected chi connectivity index (χ2v) is 4.91. The smallest absolute Gasteiger partial charge is 0.239 e. The summed E-state index contributed by atoms with van der Waals surface area (Å²) in [4.78, 5) is 15.9. The van der Waals surface area contributed by atoms with Gasteiger partial charge in [0.15, 0.2) is 0 Å². The molecule has 5 heteroatoms. The molecule has 18 heavy (non-hydrogen) atoms. The lowest BCUT2D eigenvalue weighted by Crippen LogP contribution is -2.30.